The Kier molecular flexibility index (Phi) is 5.59. The predicted molar refractivity (Wildman–Crippen MR) is 117 cm³/mol. The zero-order chi connectivity index (χ0) is 21.3. The van der Waals surface area contributed by atoms with E-state index < -0.39 is 0 Å². The number of ether oxygens (including phenoxy) is 2. The highest BCUT2D eigenvalue weighted by molar-refractivity contribution is 6.30. The van der Waals surface area contributed by atoms with Crippen molar-refractivity contribution in [2.75, 3.05) is 14.2 Å². The lowest BCUT2D eigenvalue weighted by atomic mass is 9.97. The Balaban J connectivity index is 1.79. The number of amides is 1. The van der Waals surface area contributed by atoms with E-state index in [1.807, 2.05) is 55.5 Å². The lowest BCUT2D eigenvalue weighted by Crippen LogP contribution is -2.26. The first kappa shape index (κ1) is 20.2. The molecule has 0 radical (unpaired) electrons. The Hall–Kier alpha value is -3.12. The number of pyridine rings is 1. The summed E-state index contributed by atoms with van der Waals surface area (Å²) in [5.41, 5.74) is 3.17. The highest BCUT2D eigenvalue weighted by Crippen LogP contribution is 2.39. The van der Waals surface area contributed by atoms with Crippen molar-refractivity contribution >= 4 is 34.1 Å². The number of hydrazone groups is 1. The number of aromatic nitrogens is 1. The third kappa shape index (κ3) is 3.59. The van der Waals surface area contributed by atoms with Crippen molar-refractivity contribution in [3.05, 3.63) is 64.8 Å². The highest BCUT2D eigenvalue weighted by atomic mass is 35.5. The molecule has 0 N–H and O–H groups in total. The molecule has 1 aliphatic heterocycles. The van der Waals surface area contributed by atoms with Gasteiger partial charge in [-0.25, -0.2) is 9.99 Å². The summed E-state index contributed by atoms with van der Waals surface area (Å²) in [4.78, 5) is 17.3. The first-order chi connectivity index (χ1) is 14.5. The molecule has 1 aliphatic rings. The molecule has 30 heavy (non-hydrogen) atoms. The summed E-state index contributed by atoms with van der Waals surface area (Å²) < 4.78 is 10.8. The average molecular weight is 424 g/mol. The molecule has 0 unspecified atom stereocenters. The molecular weight excluding hydrogens is 402 g/mol. The van der Waals surface area contributed by atoms with Crippen molar-refractivity contribution in [1.82, 2.24) is 9.99 Å². The maximum absolute atomic E-state index is 12.7. The van der Waals surface area contributed by atoms with Crippen LogP contribution in [0.1, 0.15) is 36.9 Å². The Bertz CT molecular complexity index is 1150. The van der Waals surface area contributed by atoms with Gasteiger partial charge in [0, 0.05) is 29.4 Å². The fraction of sp³-hybridized carbons (Fsp3) is 0.261. The minimum absolute atomic E-state index is 0.0771. The number of nitrogens with zero attached hydrogens (tertiary/aromatic N) is 3. The highest BCUT2D eigenvalue weighted by Gasteiger charge is 2.35. The third-order valence-corrected chi connectivity index (χ3v) is 5.55. The van der Waals surface area contributed by atoms with Crippen LogP contribution >= 0.6 is 11.6 Å². The van der Waals surface area contributed by atoms with E-state index in [9.17, 15) is 4.79 Å². The zero-order valence-corrected chi connectivity index (χ0v) is 17.8. The van der Waals surface area contributed by atoms with Gasteiger partial charge in [-0.15, -0.1) is 0 Å². The molecule has 0 saturated heterocycles. The molecule has 4 rings (SSSR count). The molecule has 6 nitrogen and oxygen atoms in total. The summed E-state index contributed by atoms with van der Waals surface area (Å²) >= 11 is 6.57. The quantitative estimate of drug-likeness (QED) is 0.542. The van der Waals surface area contributed by atoms with E-state index in [0.717, 1.165) is 33.5 Å². The second-order valence-electron chi connectivity index (χ2n) is 6.99. The van der Waals surface area contributed by atoms with Crippen LogP contribution in [0.4, 0.5) is 0 Å². The molecule has 2 aromatic carbocycles. The molecule has 0 spiro atoms. The fourth-order valence-corrected chi connectivity index (χ4v) is 3.97. The SMILES string of the molecule is CCC(=O)N1N=C(c2ccccc2OC)C[C@@H]1c1cc2cc(OC)ccc2nc1Cl. The van der Waals surface area contributed by atoms with Crippen LogP contribution in [-0.4, -0.2) is 35.8 Å². The molecule has 0 bridgehead atoms. The van der Waals surface area contributed by atoms with Crippen molar-refractivity contribution in [2.24, 2.45) is 5.10 Å². The lowest BCUT2D eigenvalue weighted by molar-refractivity contribution is -0.132. The number of benzene rings is 2. The van der Waals surface area contributed by atoms with E-state index in [2.05, 4.69) is 10.1 Å². The fourth-order valence-electron chi connectivity index (χ4n) is 3.70. The number of carbonyl (C=O) groups excluding carboxylic acids is 1. The summed E-state index contributed by atoms with van der Waals surface area (Å²) in [5, 5.41) is 7.44. The summed E-state index contributed by atoms with van der Waals surface area (Å²) in [6, 6.07) is 14.9. The van der Waals surface area contributed by atoms with Crippen molar-refractivity contribution in [3.63, 3.8) is 0 Å². The van der Waals surface area contributed by atoms with Crippen molar-refractivity contribution in [2.45, 2.75) is 25.8 Å². The van der Waals surface area contributed by atoms with Gasteiger partial charge in [0.1, 0.15) is 16.7 Å². The molecule has 154 valence electrons. The van der Waals surface area contributed by atoms with Crippen molar-refractivity contribution in [3.8, 4) is 11.5 Å². The van der Waals surface area contributed by atoms with E-state index in [4.69, 9.17) is 21.1 Å². The number of hydrogen-bond donors (Lipinski definition) is 0. The van der Waals surface area contributed by atoms with Gasteiger partial charge in [-0.3, -0.25) is 4.79 Å². The zero-order valence-electron chi connectivity index (χ0n) is 17.1. The van der Waals surface area contributed by atoms with Crippen LogP contribution in [0.5, 0.6) is 11.5 Å². The van der Waals surface area contributed by atoms with Crippen LogP contribution < -0.4 is 9.47 Å². The van der Waals surface area contributed by atoms with Crippen LogP contribution in [0.3, 0.4) is 0 Å². The topological polar surface area (TPSA) is 64.0 Å². The Morgan fingerprint density at radius 2 is 1.97 bits per heavy atom. The van der Waals surface area contributed by atoms with Crippen LogP contribution in [0.25, 0.3) is 10.9 Å². The van der Waals surface area contributed by atoms with Gasteiger partial charge < -0.3 is 9.47 Å². The number of fused-ring (bicyclic) bond motifs is 1. The molecule has 2 heterocycles. The van der Waals surface area contributed by atoms with E-state index >= 15 is 0 Å². The van der Waals surface area contributed by atoms with Crippen molar-refractivity contribution < 1.29 is 14.3 Å². The smallest absolute Gasteiger partial charge is 0.242 e. The van der Waals surface area contributed by atoms with Gasteiger partial charge in [0.15, 0.2) is 0 Å². The molecule has 7 heteroatoms. The van der Waals surface area contributed by atoms with Crippen LogP contribution in [0.2, 0.25) is 5.15 Å². The summed E-state index contributed by atoms with van der Waals surface area (Å²) in [5.74, 6) is 1.37. The molecule has 1 amide bonds. The van der Waals surface area contributed by atoms with E-state index in [0.29, 0.717) is 23.7 Å². The van der Waals surface area contributed by atoms with Crippen molar-refractivity contribution in [1.29, 1.82) is 0 Å². The first-order valence-electron chi connectivity index (χ1n) is 9.72. The molecule has 1 atom stereocenters. The average Bonchev–Trinajstić information content (AvgIpc) is 3.22. The Morgan fingerprint density at radius 3 is 2.70 bits per heavy atom. The predicted octanol–water partition coefficient (Wildman–Crippen LogP) is 4.99. The number of halogens is 1. The Labute approximate surface area is 180 Å². The number of methoxy groups -OCH3 is 2. The molecule has 0 saturated carbocycles. The first-order valence-corrected chi connectivity index (χ1v) is 10.1. The number of hydrogen-bond acceptors (Lipinski definition) is 5. The Morgan fingerprint density at radius 1 is 1.17 bits per heavy atom. The standard InChI is InChI=1S/C23H22ClN3O3/c1-4-22(28)27-20(13-19(26-27)16-7-5-6-8-21(16)30-3)17-12-14-11-15(29-2)9-10-18(14)25-23(17)24/h5-12,20H,4,13H2,1-3H3/t20-/m1/s1. The second-order valence-corrected chi connectivity index (χ2v) is 7.34. The van der Waals surface area contributed by atoms with Gasteiger partial charge in [0.05, 0.1) is 31.5 Å². The van der Waals surface area contributed by atoms with Gasteiger partial charge in [-0.05, 0) is 36.4 Å². The van der Waals surface area contributed by atoms with Gasteiger partial charge in [-0.1, -0.05) is 30.7 Å². The number of para-hydroxylation sites is 1. The monoisotopic (exact) mass is 423 g/mol. The van der Waals surface area contributed by atoms with Crippen LogP contribution in [0.15, 0.2) is 53.6 Å². The molecule has 1 aromatic heterocycles. The van der Waals surface area contributed by atoms with Gasteiger partial charge >= 0.3 is 0 Å². The summed E-state index contributed by atoms with van der Waals surface area (Å²) in [6.45, 7) is 1.82. The number of rotatable bonds is 5. The third-order valence-electron chi connectivity index (χ3n) is 5.25. The van der Waals surface area contributed by atoms with Crippen LogP contribution in [0, 0.1) is 0 Å². The summed E-state index contributed by atoms with van der Waals surface area (Å²) in [7, 11) is 3.25. The maximum Gasteiger partial charge on any atom is 0.242 e. The summed E-state index contributed by atoms with van der Waals surface area (Å²) in [6.07, 6.45) is 0.856. The van der Waals surface area contributed by atoms with Gasteiger partial charge in [-0.2, -0.15) is 5.10 Å². The second kappa shape index (κ2) is 8.32. The maximum atomic E-state index is 12.7. The molecule has 3 aromatic rings. The van der Waals surface area contributed by atoms with E-state index in [1.54, 1.807) is 14.2 Å². The van der Waals surface area contributed by atoms with Gasteiger partial charge in [0.2, 0.25) is 5.91 Å². The normalized spacial score (nSPS) is 15.9. The van der Waals surface area contributed by atoms with E-state index in [1.165, 1.54) is 5.01 Å². The largest absolute Gasteiger partial charge is 0.497 e. The van der Waals surface area contributed by atoms with Crippen LogP contribution in [-0.2, 0) is 4.79 Å². The number of carbonyl (C=O) groups is 1. The molecule has 0 fully saturated rings. The molecule has 0 aliphatic carbocycles. The molecular formula is C23H22ClN3O3. The van der Waals surface area contributed by atoms with Gasteiger partial charge in [0.25, 0.3) is 0 Å². The van der Waals surface area contributed by atoms with E-state index in [-0.39, 0.29) is 11.9 Å². The lowest BCUT2D eigenvalue weighted by Gasteiger charge is -2.22. The minimum Gasteiger partial charge on any atom is -0.497 e. The minimum atomic E-state index is -0.340.